The molecule has 2 aliphatic rings. The van der Waals surface area contributed by atoms with Crippen molar-refractivity contribution in [2.75, 3.05) is 24.5 Å². The molecule has 8 heteroatoms. The molecule has 3 rings (SSSR count). The molecule has 2 fully saturated rings. The molecule has 2 saturated heterocycles. The van der Waals surface area contributed by atoms with Gasteiger partial charge in [0.2, 0.25) is 0 Å². The summed E-state index contributed by atoms with van der Waals surface area (Å²) in [5, 5.41) is 19.6. The van der Waals surface area contributed by atoms with Crippen molar-refractivity contribution in [1.29, 1.82) is 0 Å². The number of carboxylic acid groups (broad SMARTS) is 2. The van der Waals surface area contributed by atoms with Gasteiger partial charge in [-0.15, -0.1) is 0 Å². The van der Waals surface area contributed by atoms with Crippen molar-refractivity contribution in [3.8, 4) is 0 Å². The molecule has 124 valence electrons. The summed E-state index contributed by atoms with van der Waals surface area (Å²) in [6.45, 7) is 3.46. The van der Waals surface area contributed by atoms with Crippen molar-refractivity contribution in [3.05, 3.63) is 35.6 Å². The van der Waals surface area contributed by atoms with E-state index in [1.807, 2.05) is 12.3 Å². The summed E-state index contributed by atoms with van der Waals surface area (Å²) in [6.07, 6.45) is 4.29. The SMILES string of the molecule is Clc1ccc(N2C[C@@H]3CCNC[C@@H]32)cn1.O=C(O)C=CC(=O)O. The molecule has 0 radical (unpaired) electrons. The predicted octanol–water partition coefficient (Wildman–Crippen LogP) is 1.24. The Kier molecular flexibility index (Phi) is 5.95. The Morgan fingerprint density at radius 1 is 1.30 bits per heavy atom. The van der Waals surface area contributed by atoms with Gasteiger partial charge in [0.15, 0.2) is 0 Å². The van der Waals surface area contributed by atoms with E-state index < -0.39 is 11.9 Å². The van der Waals surface area contributed by atoms with E-state index in [2.05, 4.69) is 21.3 Å². The van der Waals surface area contributed by atoms with Gasteiger partial charge in [-0.3, -0.25) is 0 Å². The number of aromatic nitrogens is 1. The number of pyridine rings is 1. The molecule has 23 heavy (non-hydrogen) atoms. The van der Waals surface area contributed by atoms with E-state index in [0.29, 0.717) is 23.3 Å². The number of nitrogens with one attached hydrogen (secondary N) is 1. The Balaban J connectivity index is 0.000000207. The average molecular weight is 340 g/mol. The van der Waals surface area contributed by atoms with Crippen molar-refractivity contribution in [2.24, 2.45) is 5.92 Å². The summed E-state index contributed by atoms with van der Waals surface area (Å²) in [6, 6.07) is 4.59. The van der Waals surface area contributed by atoms with Gasteiger partial charge in [0.05, 0.1) is 11.9 Å². The predicted molar refractivity (Wildman–Crippen MR) is 85.8 cm³/mol. The normalized spacial score (nSPS) is 22.6. The van der Waals surface area contributed by atoms with Gasteiger partial charge >= 0.3 is 11.9 Å². The molecule has 0 spiro atoms. The molecule has 0 bridgehead atoms. The molecule has 3 heterocycles. The third kappa shape index (κ3) is 4.94. The number of fused-ring (bicyclic) bond motifs is 1. The van der Waals surface area contributed by atoms with Crippen LogP contribution in [0.1, 0.15) is 6.42 Å². The lowest BCUT2D eigenvalue weighted by atomic mass is 9.83. The Labute approximate surface area is 138 Å². The van der Waals surface area contributed by atoms with Gasteiger partial charge in [0.1, 0.15) is 5.15 Å². The van der Waals surface area contributed by atoms with Crippen molar-refractivity contribution >= 4 is 29.2 Å². The molecule has 0 unspecified atom stereocenters. The minimum Gasteiger partial charge on any atom is -0.478 e. The maximum Gasteiger partial charge on any atom is 0.328 e. The summed E-state index contributed by atoms with van der Waals surface area (Å²) >= 11 is 5.77. The van der Waals surface area contributed by atoms with E-state index in [4.69, 9.17) is 21.8 Å². The first-order valence-corrected chi connectivity index (χ1v) is 7.58. The fourth-order valence-corrected chi connectivity index (χ4v) is 2.81. The number of carboxylic acids is 2. The first-order chi connectivity index (χ1) is 11.0. The maximum absolute atomic E-state index is 9.55. The Bertz CT molecular complexity index is 575. The Morgan fingerprint density at radius 3 is 2.52 bits per heavy atom. The van der Waals surface area contributed by atoms with Crippen LogP contribution in [0.25, 0.3) is 0 Å². The summed E-state index contributed by atoms with van der Waals surface area (Å²) in [4.78, 5) is 25.6. The van der Waals surface area contributed by atoms with Gasteiger partial charge in [-0.05, 0) is 31.0 Å². The zero-order valence-electron chi connectivity index (χ0n) is 12.4. The van der Waals surface area contributed by atoms with Crippen molar-refractivity contribution in [3.63, 3.8) is 0 Å². The minimum absolute atomic E-state index is 0.558. The van der Waals surface area contributed by atoms with E-state index in [-0.39, 0.29) is 0 Å². The number of hydrogen-bond acceptors (Lipinski definition) is 5. The van der Waals surface area contributed by atoms with E-state index in [1.165, 1.54) is 25.2 Å². The monoisotopic (exact) mass is 339 g/mol. The van der Waals surface area contributed by atoms with Crippen LogP contribution in [-0.4, -0.2) is 52.8 Å². The second-order valence-electron chi connectivity index (χ2n) is 5.32. The van der Waals surface area contributed by atoms with Crippen LogP contribution >= 0.6 is 11.6 Å². The van der Waals surface area contributed by atoms with Gasteiger partial charge in [-0.1, -0.05) is 11.6 Å². The highest BCUT2D eigenvalue weighted by Crippen LogP contribution is 2.34. The van der Waals surface area contributed by atoms with Gasteiger partial charge in [0, 0.05) is 31.3 Å². The summed E-state index contributed by atoms with van der Waals surface area (Å²) in [7, 11) is 0. The molecular weight excluding hydrogens is 322 g/mol. The first kappa shape index (κ1) is 17.2. The second kappa shape index (κ2) is 7.94. The van der Waals surface area contributed by atoms with Crippen LogP contribution in [0.5, 0.6) is 0 Å². The number of rotatable bonds is 3. The second-order valence-corrected chi connectivity index (χ2v) is 5.71. The standard InChI is InChI=1S/C11H14ClN3.C4H4O4/c12-11-2-1-9(5-14-11)15-7-8-3-4-13-6-10(8)15;5-3(6)1-2-4(7)8/h1-2,5,8,10,13H,3-4,6-7H2;1-2H,(H,5,6)(H,7,8)/t8-,10-;/m0./s1. The largest absolute Gasteiger partial charge is 0.478 e. The quantitative estimate of drug-likeness (QED) is 0.562. The lowest BCUT2D eigenvalue weighted by Gasteiger charge is -2.52. The van der Waals surface area contributed by atoms with E-state index in [9.17, 15) is 9.59 Å². The number of anilines is 1. The van der Waals surface area contributed by atoms with Crippen LogP contribution in [-0.2, 0) is 9.59 Å². The molecule has 0 aromatic carbocycles. The highest BCUT2D eigenvalue weighted by Gasteiger charge is 2.40. The van der Waals surface area contributed by atoms with Crippen LogP contribution in [0.2, 0.25) is 5.15 Å². The van der Waals surface area contributed by atoms with E-state index in [0.717, 1.165) is 12.5 Å². The van der Waals surface area contributed by atoms with Crippen molar-refractivity contribution in [1.82, 2.24) is 10.3 Å². The van der Waals surface area contributed by atoms with E-state index in [1.54, 1.807) is 0 Å². The van der Waals surface area contributed by atoms with Crippen LogP contribution < -0.4 is 10.2 Å². The Hall–Kier alpha value is -2.12. The maximum atomic E-state index is 9.55. The zero-order chi connectivity index (χ0) is 16.8. The van der Waals surface area contributed by atoms with E-state index >= 15 is 0 Å². The highest BCUT2D eigenvalue weighted by molar-refractivity contribution is 6.29. The Morgan fingerprint density at radius 2 is 2.00 bits per heavy atom. The number of aliphatic carboxylic acids is 2. The fourth-order valence-electron chi connectivity index (χ4n) is 2.70. The molecule has 0 amide bonds. The molecule has 0 aliphatic carbocycles. The van der Waals surface area contributed by atoms with Gasteiger partial charge in [0.25, 0.3) is 0 Å². The van der Waals surface area contributed by atoms with Crippen molar-refractivity contribution < 1.29 is 19.8 Å². The number of halogens is 1. The highest BCUT2D eigenvalue weighted by atomic mass is 35.5. The number of piperidine rings is 1. The van der Waals surface area contributed by atoms with Crippen LogP contribution in [0.3, 0.4) is 0 Å². The third-order valence-corrected chi connectivity index (χ3v) is 4.06. The molecule has 1 aromatic rings. The smallest absolute Gasteiger partial charge is 0.328 e. The van der Waals surface area contributed by atoms with Gasteiger partial charge in [-0.2, -0.15) is 0 Å². The van der Waals surface area contributed by atoms with Crippen LogP contribution in [0.15, 0.2) is 30.5 Å². The first-order valence-electron chi connectivity index (χ1n) is 7.20. The third-order valence-electron chi connectivity index (χ3n) is 3.83. The molecule has 1 aromatic heterocycles. The molecule has 0 saturated carbocycles. The molecule has 3 N–H and O–H groups in total. The summed E-state index contributed by atoms with van der Waals surface area (Å²) in [5.41, 5.74) is 1.20. The minimum atomic E-state index is -1.26. The summed E-state index contributed by atoms with van der Waals surface area (Å²) < 4.78 is 0. The summed E-state index contributed by atoms with van der Waals surface area (Å²) in [5.74, 6) is -1.64. The number of nitrogens with zero attached hydrogens (tertiary/aromatic N) is 2. The fraction of sp³-hybridized carbons (Fsp3) is 0.400. The molecule has 2 atom stereocenters. The number of hydrogen-bond donors (Lipinski definition) is 3. The van der Waals surface area contributed by atoms with Crippen LogP contribution in [0, 0.1) is 5.92 Å². The van der Waals surface area contributed by atoms with Crippen LogP contribution in [0.4, 0.5) is 5.69 Å². The molecular formula is C15H18ClN3O4. The lowest BCUT2D eigenvalue weighted by Crippen LogP contribution is -2.63. The average Bonchev–Trinajstić information content (AvgIpc) is 2.49. The van der Waals surface area contributed by atoms with Crippen molar-refractivity contribution in [2.45, 2.75) is 12.5 Å². The van der Waals surface area contributed by atoms with Gasteiger partial charge < -0.3 is 20.4 Å². The zero-order valence-corrected chi connectivity index (χ0v) is 13.1. The molecule has 2 aliphatic heterocycles. The number of carbonyl (C=O) groups is 2. The topological polar surface area (TPSA) is 103 Å². The van der Waals surface area contributed by atoms with Gasteiger partial charge in [-0.25, -0.2) is 14.6 Å². The lowest BCUT2D eigenvalue weighted by molar-refractivity contribution is -0.134. The molecule has 7 nitrogen and oxygen atoms in total.